The van der Waals surface area contributed by atoms with E-state index in [4.69, 9.17) is 5.73 Å². The van der Waals surface area contributed by atoms with Crippen LogP contribution in [0.3, 0.4) is 0 Å². The molecule has 1 fully saturated rings. The lowest BCUT2D eigenvalue weighted by atomic mass is 9.93. The summed E-state index contributed by atoms with van der Waals surface area (Å²) < 4.78 is 1.94. The number of fused-ring (bicyclic) bond motifs is 3. The Morgan fingerprint density at radius 2 is 1.84 bits per heavy atom. The highest BCUT2D eigenvalue weighted by atomic mass is 16.3. The lowest BCUT2D eigenvalue weighted by Crippen LogP contribution is -2.49. The van der Waals surface area contributed by atoms with Gasteiger partial charge in [0.2, 0.25) is 11.8 Å². The van der Waals surface area contributed by atoms with Crippen LogP contribution in [0.5, 0.6) is 0 Å². The number of amides is 2. The summed E-state index contributed by atoms with van der Waals surface area (Å²) in [4.78, 5) is 27.6. The van der Waals surface area contributed by atoms with Gasteiger partial charge in [-0.2, -0.15) is 5.10 Å². The zero-order valence-electron chi connectivity index (χ0n) is 24.0. The van der Waals surface area contributed by atoms with Gasteiger partial charge in [-0.05, 0) is 29.5 Å². The number of β-amino-alcohol motifs (C(OH)–C–C–N with tert-alkyl or cyclic N) is 1. The van der Waals surface area contributed by atoms with E-state index >= 15 is 0 Å². The number of nitrogens with two attached hydrogens (primary N) is 1. The summed E-state index contributed by atoms with van der Waals surface area (Å²) in [6.07, 6.45) is 1.93. The van der Waals surface area contributed by atoms with E-state index in [1.54, 1.807) is 6.20 Å². The standard InChI is InChI=1S/C25H35N5O4.2C2H6/c1-14(2)15(3)25(34)29-12-17(32)11-23(29)24(33)28-21(13-31)16-4-5-18-19(10-16)20(26)7-9-30-22(18)6-8-27-30;2*1-2/h4-6,8,10,14-15,17,20-21,23,31-32H,7,9,11-13,26H2,1-3H3,(H,28,33);2*1-2H3. The Morgan fingerprint density at radius 1 is 1.16 bits per heavy atom. The van der Waals surface area contributed by atoms with Crippen molar-refractivity contribution in [2.45, 2.75) is 92.1 Å². The first-order valence-corrected chi connectivity index (χ1v) is 14.0. The van der Waals surface area contributed by atoms with Crippen molar-refractivity contribution >= 4 is 11.8 Å². The molecule has 1 aromatic carbocycles. The van der Waals surface area contributed by atoms with Crippen LogP contribution >= 0.6 is 0 Å². The zero-order chi connectivity index (χ0) is 28.6. The molecule has 5 atom stereocenters. The van der Waals surface area contributed by atoms with Crippen molar-refractivity contribution in [2.24, 2.45) is 17.6 Å². The fourth-order valence-corrected chi connectivity index (χ4v) is 4.85. The highest BCUT2D eigenvalue weighted by molar-refractivity contribution is 5.89. The van der Waals surface area contributed by atoms with E-state index in [2.05, 4.69) is 10.4 Å². The van der Waals surface area contributed by atoms with Crippen LogP contribution in [0, 0.1) is 11.8 Å². The average molecular weight is 530 g/mol. The molecule has 4 rings (SSSR count). The quantitative estimate of drug-likeness (QED) is 0.453. The van der Waals surface area contributed by atoms with Crippen molar-refractivity contribution in [3.8, 4) is 11.3 Å². The highest BCUT2D eigenvalue weighted by Crippen LogP contribution is 2.34. The Labute approximate surface area is 227 Å². The Kier molecular flexibility index (Phi) is 11.9. The molecule has 0 radical (unpaired) electrons. The third kappa shape index (κ3) is 6.81. The number of rotatable bonds is 6. The zero-order valence-corrected chi connectivity index (χ0v) is 24.0. The smallest absolute Gasteiger partial charge is 0.243 e. The number of carbonyl (C=O) groups is 2. The van der Waals surface area contributed by atoms with Gasteiger partial charge in [-0.1, -0.05) is 66.7 Å². The predicted octanol–water partition coefficient (Wildman–Crippen LogP) is 3.41. The topological polar surface area (TPSA) is 134 Å². The fraction of sp³-hybridized carbons (Fsp3) is 0.621. The summed E-state index contributed by atoms with van der Waals surface area (Å²) in [6.45, 7) is 14.3. The molecule has 3 heterocycles. The first-order chi connectivity index (χ1) is 18.2. The normalized spacial score (nSPS) is 21.6. The molecule has 2 aliphatic heterocycles. The molecule has 5 unspecified atom stereocenters. The van der Waals surface area contributed by atoms with Crippen molar-refractivity contribution in [1.29, 1.82) is 0 Å². The van der Waals surface area contributed by atoms with Gasteiger partial charge in [0.15, 0.2) is 0 Å². The molecule has 0 aliphatic carbocycles. The molecule has 1 aromatic heterocycles. The molecule has 2 aromatic rings. The lowest BCUT2D eigenvalue weighted by molar-refractivity contribution is -0.142. The summed E-state index contributed by atoms with van der Waals surface area (Å²) in [5, 5.41) is 27.6. The van der Waals surface area contributed by atoms with E-state index in [1.807, 2.05) is 77.4 Å². The molecule has 0 saturated carbocycles. The molecule has 38 heavy (non-hydrogen) atoms. The van der Waals surface area contributed by atoms with Crippen LogP contribution in [-0.2, 0) is 16.1 Å². The number of hydrogen-bond donors (Lipinski definition) is 4. The Bertz CT molecular complexity index is 1050. The third-order valence-electron chi connectivity index (χ3n) is 7.28. The number of likely N-dealkylation sites (tertiary alicyclic amines) is 1. The van der Waals surface area contributed by atoms with Crippen LogP contribution < -0.4 is 11.1 Å². The summed E-state index contributed by atoms with van der Waals surface area (Å²) in [7, 11) is 0. The predicted molar refractivity (Wildman–Crippen MR) is 150 cm³/mol. The van der Waals surface area contributed by atoms with Crippen LogP contribution in [0.15, 0.2) is 30.5 Å². The van der Waals surface area contributed by atoms with Crippen molar-refractivity contribution in [2.75, 3.05) is 13.2 Å². The van der Waals surface area contributed by atoms with E-state index in [0.29, 0.717) is 0 Å². The number of carbonyl (C=O) groups excluding carboxylic acids is 2. The van der Waals surface area contributed by atoms with Gasteiger partial charge < -0.3 is 26.2 Å². The molecular weight excluding hydrogens is 482 g/mol. The lowest BCUT2D eigenvalue weighted by Gasteiger charge is -2.29. The number of aromatic nitrogens is 2. The highest BCUT2D eigenvalue weighted by Gasteiger charge is 2.41. The summed E-state index contributed by atoms with van der Waals surface area (Å²) >= 11 is 0. The van der Waals surface area contributed by atoms with Gasteiger partial charge >= 0.3 is 0 Å². The van der Waals surface area contributed by atoms with E-state index in [-0.39, 0.29) is 49.3 Å². The van der Waals surface area contributed by atoms with Crippen LogP contribution in [0.1, 0.15) is 84.5 Å². The molecule has 212 valence electrons. The van der Waals surface area contributed by atoms with E-state index in [9.17, 15) is 19.8 Å². The second kappa shape index (κ2) is 14.4. The number of benzene rings is 1. The van der Waals surface area contributed by atoms with E-state index in [1.165, 1.54) is 4.90 Å². The molecule has 0 spiro atoms. The van der Waals surface area contributed by atoms with Crippen LogP contribution in [0.4, 0.5) is 0 Å². The molecule has 1 saturated heterocycles. The summed E-state index contributed by atoms with van der Waals surface area (Å²) in [5.41, 5.74) is 10.1. The second-order valence-corrected chi connectivity index (χ2v) is 9.85. The minimum Gasteiger partial charge on any atom is -0.394 e. The number of nitrogens with one attached hydrogen (secondary N) is 1. The Hall–Kier alpha value is -2.75. The van der Waals surface area contributed by atoms with Crippen LogP contribution in [-0.4, -0.2) is 62.0 Å². The number of aryl methyl sites for hydroxylation is 1. The van der Waals surface area contributed by atoms with Crippen molar-refractivity contribution in [1.82, 2.24) is 20.0 Å². The SMILES string of the molecule is CC.CC.CC(C)C(C)C(=O)N1CC(O)CC1C(=O)NC(CO)c1ccc2c(c1)C(N)CCn1nccc1-2. The van der Waals surface area contributed by atoms with Gasteiger partial charge in [0.25, 0.3) is 0 Å². The van der Waals surface area contributed by atoms with Crippen molar-refractivity contribution < 1.29 is 19.8 Å². The van der Waals surface area contributed by atoms with Gasteiger partial charge in [0.05, 0.1) is 24.4 Å². The summed E-state index contributed by atoms with van der Waals surface area (Å²) in [5.74, 6) is -0.648. The number of hydrogen-bond acceptors (Lipinski definition) is 6. The maximum atomic E-state index is 13.2. The molecule has 0 bridgehead atoms. The first-order valence-electron chi connectivity index (χ1n) is 14.0. The van der Waals surface area contributed by atoms with Gasteiger partial charge in [0.1, 0.15) is 6.04 Å². The van der Waals surface area contributed by atoms with Crippen LogP contribution in [0.25, 0.3) is 11.3 Å². The average Bonchev–Trinajstić information content (AvgIpc) is 3.54. The van der Waals surface area contributed by atoms with Gasteiger partial charge in [-0.15, -0.1) is 0 Å². The minimum atomic E-state index is -0.768. The third-order valence-corrected chi connectivity index (χ3v) is 7.28. The molecule has 9 heteroatoms. The maximum absolute atomic E-state index is 13.2. The van der Waals surface area contributed by atoms with E-state index in [0.717, 1.165) is 35.3 Å². The largest absolute Gasteiger partial charge is 0.394 e. The molecule has 9 nitrogen and oxygen atoms in total. The van der Waals surface area contributed by atoms with Crippen LogP contribution in [0.2, 0.25) is 0 Å². The van der Waals surface area contributed by atoms with Crippen molar-refractivity contribution in [3.05, 3.63) is 41.6 Å². The Balaban J connectivity index is 0.00000121. The Morgan fingerprint density at radius 3 is 2.47 bits per heavy atom. The molecule has 2 amide bonds. The second-order valence-electron chi connectivity index (χ2n) is 9.85. The summed E-state index contributed by atoms with van der Waals surface area (Å²) in [6, 6.07) is 6.11. The molecule has 2 aliphatic rings. The maximum Gasteiger partial charge on any atom is 0.243 e. The number of aliphatic hydroxyl groups is 2. The van der Waals surface area contributed by atoms with Gasteiger partial charge in [0, 0.05) is 43.2 Å². The van der Waals surface area contributed by atoms with Gasteiger partial charge in [-0.3, -0.25) is 14.3 Å². The monoisotopic (exact) mass is 529 g/mol. The minimum absolute atomic E-state index is 0.124. The molecular formula is C29H47N5O4. The van der Waals surface area contributed by atoms with Gasteiger partial charge in [-0.25, -0.2) is 0 Å². The van der Waals surface area contributed by atoms with E-state index < -0.39 is 18.2 Å². The van der Waals surface area contributed by atoms with Crippen molar-refractivity contribution in [3.63, 3.8) is 0 Å². The number of nitrogens with zero attached hydrogens (tertiary/aromatic N) is 3. The molecule has 5 N–H and O–H groups in total. The number of aliphatic hydroxyl groups excluding tert-OH is 2. The fourth-order valence-electron chi connectivity index (χ4n) is 4.85. The first kappa shape index (κ1) is 31.5.